The van der Waals surface area contributed by atoms with E-state index in [2.05, 4.69) is 23.2 Å². The van der Waals surface area contributed by atoms with E-state index in [4.69, 9.17) is 0 Å². The second-order valence-electron chi connectivity index (χ2n) is 8.72. The summed E-state index contributed by atoms with van der Waals surface area (Å²) in [5.74, 6) is 0.999. The van der Waals surface area contributed by atoms with Crippen LogP contribution in [0.3, 0.4) is 0 Å². The van der Waals surface area contributed by atoms with Crippen molar-refractivity contribution in [1.82, 2.24) is 14.8 Å². The van der Waals surface area contributed by atoms with Crippen molar-refractivity contribution in [3.63, 3.8) is 0 Å². The molecule has 2 aromatic carbocycles. The zero-order chi connectivity index (χ0) is 20.7. The number of rotatable bonds is 5. The number of nitrogens with zero attached hydrogens (tertiary/aromatic N) is 2. The van der Waals surface area contributed by atoms with Gasteiger partial charge < -0.3 is 14.8 Å². The third-order valence-corrected chi connectivity index (χ3v) is 6.44. The highest BCUT2D eigenvalue weighted by atomic mass is 16.2. The number of carbonyl (C=O) groups is 2. The van der Waals surface area contributed by atoms with Gasteiger partial charge in [-0.1, -0.05) is 24.3 Å². The minimum Gasteiger partial charge on any atom is -0.361 e. The van der Waals surface area contributed by atoms with Gasteiger partial charge in [-0.15, -0.1) is 0 Å². The number of nitrogens with one attached hydrogen (secondary N) is 1. The molecule has 154 valence electrons. The molecule has 3 aromatic rings. The molecular weight excluding hydrogens is 374 g/mol. The van der Waals surface area contributed by atoms with Crippen LogP contribution in [0.5, 0.6) is 0 Å². The number of hydrogen-bond acceptors (Lipinski definition) is 2. The molecule has 0 unspecified atom stereocenters. The standard InChI is InChI=1S/C25H27N3O2/c1-27(15-17-12-14-28(16-17)25(30)20-9-10-20)24(29)19-7-5-18(6-8-19)21-3-2-4-23-22(21)11-13-26-23/h2-8,11,13,17,20,26H,9-10,12,14-16H2,1H3/t17-/m0/s1. The van der Waals surface area contributed by atoms with E-state index < -0.39 is 0 Å². The average Bonchev–Trinajstić information content (AvgIpc) is 3.32. The molecule has 0 spiro atoms. The molecule has 2 heterocycles. The largest absolute Gasteiger partial charge is 0.361 e. The summed E-state index contributed by atoms with van der Waals surface area (Å²) in [6.07, 6.45) is 5.03. The summed E-state index contributed by atoms with van der Waals surface area (Å²) < 4.78 is 0. The van der Waals surface area contributed by atoms with E-state index in [1.165, 1.54) is 5.39 Å². The first-order valence-corrected chi connectivity index (χ1v) is 10.8. The molecule has 5 heteroatoms. The molecule has 5 nitrogen and oxygen atoms in total. The van der Waals surface area contributed by atoms with Gasteiger partial charge in [-0.25, -0.2) is 0 Å². The SMILES string of the molecule is CN(C[C@@H]1CCN(C(=O)C2CC2)C1)C(=O)c1ccc(-c2cccc3[nH]ccc23)cc1. The Kier molecular flexibility index (Phi) is 4.81. The molecule has 2 amide bonds. The van der Waals surface area contributed by atoms with E-state index in [0.717, 1.165) is 49.0 Å². The van der Waals surface area contributed by atoms with Gasteiger partial charge in [-0.2, -0.15) is 0 Å². The van der Waals surface area contributed by atoms with E-state index in [1.54, 1.807) is 4.90 Å². The van der Waals surface area contributed by atoms with Crippen LogP contribution in [0.25, 0.3) is 22.0 Å². The van der Waals surface area contributed by atoms with Gasteiger partial charge in [0.1, 0.15) is 0 Å². The van der Waals surface area contributed by atoms with Crippen LogP contribution in [0.1, 0.15) is 29.6 Å². The number of aromatic nitrogens is 1. The zero-order valence-electron chi connectivity index (χ0n) is 17.3. The lowest BCUT2D eigenvalue weighted by Gasteiger charge is -2.22. The Morgan fingerprint density at radius 3 is 2.63 bits per heavy atom. The second kappa shape index (κ2) is 7.63. The molecule has 1 aliphatic carbocycles. The van der Waals surface area contributed by atoms with Gasteiger partial charge in [0.15, 0.2) is 0 Å². The third-order valence-electron chi connectivity index (χ3n) is 6.44. The summed E-state index contributed by atoms with van der Waals surface area (Å²) in [5, 5.41) is 1.18. The van der Waals surface area contributed by atoms with Crippen molar-refractivity contribution in [3.8, 4) is 11.1 Å². The van der Waals surface area contributed by atoms with Crippen molar-refractivity contribution in [3.05, 3.63) is 60.3 Å². The quantitative estimate of drug-likeness (QED) is 0.698. The Morgan fingerprint density at radius 1 is 1.07 bits per heavy atom. The summed E-state index contributed by atoms with van der Waals surface area (Å²) in [4.78, 5) is 32.2. The molecule has 1 aromatic heterocycles. The average molecular weight is 402 g/mol. The van der Waals surface area contributed by atoms with Gasteiger partial charge in [0.25, 0.3) is 5.91 Å². The van der Waals surface area contributed by atoms with Gasteiger partial charge in [-0.3, -0.25) is 9.59 Å². The zero-order valence-corrected chi connectivity index (χ0v) is 17.3. The smallest absolute Gasteiger partial charge is 0.253 e. The first-order chi connectivity index (χ1) is 14.6. The Bertz CT molecular complexity index is 1080. The van der Waals surface area contributed by atoms with Gasteiger partial charge in [0.2, 0.25) is 5.91 Å². The number of likely N-dealkylation sites (tertiary alicyclic amines) is 1. The Labute approximate surface area is 176 Å². The van der Waals surface area contributed by atoms with E-state index in [1.807, 2.05) is 48.5 Å². The molecule has 2 fully saturated rings. The lowest BCUT2D eigenvalue weighted by Crippen LogP contribution is -2.34. The highest BCUT2D eigenvalue weighted by Crippen LogP contribution is 2.33. The predicted octanol–water partition coefficient (Wildman–Crippen LogP) is 4.17. The first kappa shape index (κ1) is 18.9. The number of carbonyl (C=O) groups excluding carboxylic acids is 2. The second-order valence-corrected chi connectivity index (χ2v) is 8.72. The van der Waals surface area contributed by atoms with Crippen molar-refractivity contribution < 1.29 is 9.59 Å². The lowest BCUT2D eigenvalue weighted by molar-refractivity contribution is -0.131. The molecule has 5 rings (SSSR count). The molecule has 1 N–H and O–H groups in total. The maximum absolute atomic E-state index is 12.9. The minimum absolute atomic E-state index is 0.0355. The molecule has 1 atom stereocenters. The Balaban J connectivity index is 1.24. The van der Waals surface area contributed by atoms with Crippen molar-refractivity contribution in [2.75, 3.05) is 26.7 Å². The van der Waals surface area contributed by atoms with Crippen LogP contribution in [0, 0.1) is 11.8 Å². The summed E-state index contributed by atoms with van der Waals surface area (Å²) in [6, 6.07) is 16.2. The van der Waals surface area contributed by atoms with Crippen molar-refractivity contribution in [2.45, 2.75) is 19.3 Å². The Morgan fingerprint density at radius 2 is 1.87 bits per heavy atom. The van der Waals surface area contributed by atoms with Crippen molar-refractivity contribution >= 4 is 22.7 Å². The molecule has 1 aliphatic heterocycles. The number of amides is 2. The molecule has 0 bridgehead atoms. The highest BCUT2D eigenvalue weighted by Gasteiger charge is 2.36. The molecule has 2 aliphatic rings. The van der Waals surface area contributed by atoms with Gasteiger partial charge in [0.05, 0.1) is 0 Å². The molecule has 0 radical (unpaired) electrons. The van der Waals surface area contributed by atoms with E-state index in [-0.39, 0.29) is 11.8 Å². The van der Waals surface area contributed by atoms with Crippen LogP contribution >= 0.6 is 0 Å². The van der Waals surface area contributed by atoms with E-state index in [9.17, 15) is 9.59 Å². The highest BCUT2D eigenvalue weighted by molar-refractivity contribution is 5.97. The lowest BCUT2D eigenvalue weighted by atomic mass is 10.00. The van der Waals surface area contributed by atoms with Gasteiger partial charge >= 0.3 is 0 Å². The van der Waals surface area contributed by atoms with E-state index in [0.29, 0.717) is 23.9 Å². The summed E-state index contributed by atoms with van der Waals surface area (Å²) >= 11 is 0. The number of benzene rings is 2. The molecule has 30 heavy (non-hydrogen) atoms. The van der Waals surface area contributed by atoms with Crippen molar-refractivity contribution in [2.24, 2.45) is 11.8 Å². The van der Waals surface area contributed by atoms with Crippen LogP contribution in [0.2, 0.25) is 0 Å². The fraction of sp³-hybridized carbons (Fsp3) is 0.360. The topological polar surface area (TPSA) is 56.4 Å². The maximum Gasteiger partial charge on any atom is 0.253 e. The number of aromatic amines is 1. The predicted molar refractivity (Wildman–Crippen MR) is 118 cm³/mol. The fourth-order valence-electron chi connectivity index (χ4n) is 4.59. The normalized spacial score (nSPS) is 18.7. The fourth-order valence-corrected chi connectivity index (χ4v) is 4.59. The number of H-pyrrole nitrogens is 1. The van der Waals surface area contributed by atoms with Gasteiger partial charge in [0, 0.05) is 55.3 Å². The Hall–Kier alpha value is -3.08. The first-order valence-electron chi connectivity index (χ1n) is 10.8. The summed E-state index contributed by atoms with van der Waals surface area (Å²) in [6.45, 7) is 2.31. The number of fused-ring (bicyclic) bond motifs is 1. The van der Waals surface area contributed by atoms with Crippen LogP contribution in [-0.4, -0.2) is 53.3 Å². The molecule has 1 saturated heterocycles. The van der Waals surface area contributed by atoms with Crippen LogP contribution in [-0.2, 0) is 4.79 Å². The minimum atomic E-state index is 0.0355. The summed E-state index contributed by atoms with van der Waals surface area (Å²) in [7, 11) is 1.86. The van der Waals surface area contributed by atoms with Crippen LogP contribution in [0.15, 0.2) is 54.7 Å². The third kappa shape index (κ3) is 3.60. The monoisotopic (exact) mass is 401 g/mol. The van der Waals surface area contributed by atoms with Gasteiger partial charge in [-0.05, 0) is 60.6 Å². The maximum atomic E-state index is 12.9. The van der Waals surface area contributed by atoms with Crippen LogP contribution < -0.4 is 0 Å². The van der Waals surface area contributed by atoms with E-state index >= 15 is 0 Å². The molecule has 1 saturated carbocycles. The van der Waals surface area contributed by atoms with Crippen LogP contribution in [0.4, 0.5) is 0 Å². The number of hydrogen-bond donors (Lipinski definition) is 1. The molecular formula is C25H27N3O2. The summed E-state index contributed by atoms with van der Waals surface area (Å²) in [5.41, 5.74) is 4.07. The van der Waals surface area contributed by atoms with Crippen molar-refractivity contribution in [1.29, 1.82) is 0 Å².